The molecule has 0 aliphatic carbocycles. The van der Waals surface area contributed by atoms with Gasteiger partial charge in [-0.1, -0.05) is 0 Å². The lowest BCUT2D eigenvalue weighted by Gasteiger charge is -2.34. The Morgan fingerprint density at radius 3 is 2.78 bits per heavy atom. The molecule has 3 heterocycles. The lowest BCUT2D eigenvalue weighted by molar-refractivity contribution is 0.147. The van der Waals surface area contributed by atoms with Crippen LogP contribution in [0.2, 0.25) is 0 Å². The molecule has 2 aromatic rings. The number of nitrogens with one attached hydrogen (secondary N) is 1. The Kier molecular flexibility index (Phi) is 4.91. The van der Waals surface area contributed by atoms with E-state index in [-0.39, 0.29) is 0 Å². The van der Waals surface area contributed by atoms with E-state index in [0.717, 1.165) is 23.7 Å². The van der Waals surface area contributed by atoms with Crippen LogP contribution in [0.5, 0.6) is 0 Å². The third kappa shape index (κ3) is 3.88. The van der Waals surface area contributed by atoms with Gasteiger partial charge in [0.1, 0.15) is 18.0 Å². The maximum atomic E-state index is 5.71. The molecule has 0 saturated carbocycles. The number of aromatic nitrogens is 3. The normalized spacial score (nSPS) is 17.0. The Balaban J connectivity index is 1.54. The maximum Gasteiger partial charge on any atom is 0.166 e. The molecule has 124 valence electrons. The van der Waals surface area contributed by atoms with Gasteiger partial charge in [0, 0.05) is 12.6 Å². The Bertz CT molecular complexity index is 649. The largest absolute Gasteiger partial charge is 0.384 e. The van der Waals surface area contributed by atoms with Crippen molar-refractivity contribution in [2.45, 2.75) is 39.2 Å². The first kappa shape index (κ1) is 15.9. The van der Waals surface area contributed by atoms with Crippen molar-refractivity contribution >= 4 is 22.7 Å². The zero-order chi connectivity index (χ0) is 16.2. The van der Waals surface area contributed by atoms with Crippen LogP contribution in [0.25, 0.3) is 11.0 Å². The summed E-state index contributed by atoms with van der Waals surface area (Å²) < 4.78 is 0. The lowest BCUT2D eigenvalue weighted by Crippen LogP contribution is -2.38. The van der Waals surface area contributed by atoms with E-state index < -0.39 is 0 Å². The van der Waals surface area contributed by atoms with Crippen molar-refractivity contribution in [1.82, 2.24) is 19.9 Å². The zero-order valence-corrected chi connectivity index (χ0v) is 14.0. The first-order valence-electron chi connectivity index (χ1n) is 8.48. The van der Waals surface area contributed by atoms with Crippen molar-refractivity contribution in [3.63, 3.8) is 0 Å². The van der Waals surface area contributed by atoms with Crippen LogP contribution in [0.4, 0.5) is 11.6 Å². The first-order valence-corrected chi connectivity index (χ1v) is 8.48. The minimum atomic E-state index is 0.485. The summed E-state index contributed by atoms with van der Waals surface area (Å²) in [5.41, 5.74) is 6.35. The number of nitrogens with two attached hydrogens (primary N) is 1. The number of rotatable bonds is 5. The van der Waals surface area contributed by atoms with Gasteiger partial charge in [-0.25, -0.2) is 15.0 Å². The summed E-state index contributed by atoms with van der Waals surface area (Å²) >= 11 is 0. The van der Waals surface area contributed by atoms with Crippen LogP contribution in [-0.4, -0.2) is 45.5 Å². The number of anilines is 2. The van der Waals surface area contributed by atoms with Crippen molar-refractivity contribution in [3.8, 4) is 0 Å². The second-order valence-electron chi connectivity index (χ2n) is 6.62. The maximum absolute atomic E-state index is 5.71. The van der Waals surface area contributed by atoms with Gasteiger partial charge in [0.05, 0.1) is 5.39 Å². The van der Waals surface area contributed by atoms with Crippen LogP contribution in [-0.2, 0) is 0 Å². The standard InChI is InChI=1S/C17H26N6/c1-12(2)23-9-6-13(7-10-23)5-8-19-16-14-3-4-15(18)22-17(14)21-11-20-16/h3-4,11-13H,5-10H2,1-2H3,(H3,18,19,20,21,22). The van der Waals surface area contributed by atoms with E-state index in [1.54, 1.807) is 6.07 Å². The fourth-order valence-corrected chi connectivity index (χ4v) is 3.25. The minimum Gasteiger partial charge on any atom is -0.384 e. The predicted octanol–water partition coefficient (Wildman–Crippen LogP) is 2.53. The van der Waals surface area contributed by atoms with Gasteiger partial charge in [0.2, 0.25) is 0 Å². The van der Waals surface area contributed by atoms with E-state index in [2.05, 4.69) is 39.0 Å². The van der Waals surface area contributed by atoms with E-state index in [9.17, 15) is 0 Å². The topological polar surface area (TPSA) is 80.0 Å². The molecule has 6 heteroatoms. The number of nitrogen functional groups attached to an aromatic ring is 1. The van der Waals surface area contributed by atoms with Gasteiger partial charge < -0.3 is 16.0 Å². The molecule has 0 atom stereocenters. The van der Waals surface area contributed by atoms with Crippen LogP contribution < -0.4 is 11.1 Å². The Morgan fingerprint density at radius 2 is 2.04 bits per heavy atom. The number of nitrogens with zero attached hydrogens (tertiary/aromatic N) is 4. The zero-order valence-electron chi connectivity index (χ0n) is 14.0. The molecule has 0 bridgehead atoms. The van der Waals surface area contributed by atoms with Crippen LogP contribution in [0, 0.1) is 5.92 Å². The van der Waals surface area contributed by atoms with Gasteiger partial charge >= 0.3 is 0 Å². The molecule has 3 rings (SSSR count). The summed E-state index contributed by atoms with van der Waals surface area (Å²) in [5, 5.41) is 4.37. The van der Waals surface area contributed by atoms with Crippen molar-refractivity contribution in [2.24, 2.45) is 5.92 Å². The second-order valence-corrected chi connectivity index (χ2v) is 6.62. The molecule has 23 heavy (non-hydrogen) atoms. The third-order valence-corrected chi connectivity index (χ3v) is 4.74. The molecule has 0 unspecified atom stereocenters. The second kappa shape index (κ2) is 7.08. The lowest BCUT2D eigenvalue weighted by atomic mass is 9.93. The number of likely N-dealkylation sites (tertiary alicyclic amines) is 1. The SMILES string of the molecule is CC(C)N1CCC(CCNc2ncnc3nc(N)ccc23)CC1. The fourth-order valence-electron chi connectivity index (χ4n) is 3.25. The minimum absolute atomic E-state index is 0.485. The van der Waals surface area contributed by atoms with Crippen molar-refractivity contribution < 1.29 is 0 Å². The van der Waals surface area contributed by atoms with Crippen molar-refractivity contribution in [3.05, 3.63) is 18.5 Å². The van der Waals surface area contributed by atoms with E-state index >= 15 is 0 Å². The van der Waals surface area contributed by atoms with Crippen LogP contribution in [0.1, 0.15) is 33.1 Å². The van der Waals surface area contributed by atoms with Gasteiger partial charge in [0.25, 0.3) is 0 Å². The molecule has 6 nitrogen and oxygen atoms in total. The molecule has 0 aromatic carbocycles. The average Bonchev–Trinajstić information content (AvgIpc) is 2.55. The van der Waals surface area contributed by atoms with E-state index in [4.69, 9.17) is 5.73 Å². The van der Waals surface area contributed by atoms with E-state index in [0.29, 0.717) is 17.5 Å². The number of pyridine rings is 1. The van der Waals surface area contributed by atoms with E-state index in [1.807, 2.05) is 6.07 Å². The van der Waals surface area contributed by atoms with Crippen molar-refractivity contribution in [2.75, 3.05) is 30.7 Å². The van der Waals surface area contributed by atoms with Gasteiger partial charge in [-0.2, -0.15) is 0 Å². The molecule has 1 aliphatic rings. The molecule has 1 aliphatic heterocycles. The molecule has 2 aromatic heterocycles. The Morgan fingerprint density at radius 1 is 1.26 bits per heavy atom. The quantitative estimate of drug-likeness (QED) is 0.883. The highest BCUT2D eigenvalue weighted by molar-refractivity contribution is 5.86. The molecule has 3 N–H and O–H groups in total. The summed E-state index contributed by atoms with van der Waals surface area (Å²) in [6.07, 6.45) is 5.31. The summed E-state index contributed by atoms with van der Waals surface area (Å²) in [6, 6.07) is 4.39. The van der Waals surface area contributed by atoms with Gasteiger partial charge in [-0.05, 0) is 64.3 Å². The molecule has 0 spiro atoms. The molecule has 0 radical (unpaired) electrons. The van der Waals surface area contributed by atoms with Gasteiger partial charge in [-0.15, -0.1) is 0 Å². The summed E-state index contributed by atoms with van der Waals surface area (Å²) in [5.74, 6) is 2.14. The number of hydrogen-bond acceptors (Lipinski definition) is 6. The predicted molar refractivity (Wildman–Crippen MR) is 94.3 cm³/mol. The molecular weight excluding hydrogens is 288 g/mol. The summed E-state index contributed by atoms with van der Waals surface area (Å²) in [6.45, 7) is 7.94. The smallest absolute Gasteiger partial charge is 0.166 e. The highest BCUT2D eigenvalue weighted by Crippen LogP contribution is 2.23. The molecule has 1 saturated heterocycles. The average molecular weight is 314 g/mol. The Labute approximate surface area is 137 Å². The summed E-state index contributed by atoms with van der Waals surface area (Å²) in [7, 11) is 0. The van der Waals surface area contributed by atoms with Crippen LogP contribution >= 0.6 is 0 Å². The highest BCUT2D eigenvalue weighted by atomic mass is 15.1. The van der Waals surface area contributed by atoms with Crippen LogP contribution in [0.15, 0.2) is 18.5 Å². The first-order chi connectivity index (χ1) is 11.1. The van der Waals surface area contributed by atoms with Gasteiger partial charge in [0.15, 0.2) is 5.65 Å². The fraction of sp³-hybridized carbons (Fsp3) is 0.588. The van der Waals surface area contributed by atoms with Crippen molar-refractivity contribution in [1.29, 1.82) is 0 Å². The van der Waals surface area contributed by atoms with Crippen LogP contribution in [0.3, 0.4) is 0 Å². The number of fused-ring (bicyclic) bond motifs is 1. The highest BCUT2D eigenvalue weighted by Gasteiger charge is 2.20. The number of piperidine rings is 1. The Hall–Kier alpha value is -1.95. The summed E-state index contributed by atoms with van der Waals surface area (Å²) in [4.78, 5) is 15.3. The molecule has 1 fully saturated rings. The number of hydrogen-bond donors (Lipinski definition) is 2. The monoisotopic (exact) mass is 314 g/mol. The third-order valence-electron chi connectivity index (χ3n) is 4.74. The van der Waals surface area contributed by atoms with E-state index in [1.165, 1.54) is 38.7 Å². The molecule has 0 amide bonds. The molecular formula is C17H26N6. The van der Waals surface area contributed by atoms with Gasteiger partial charge in [-0.3, -0.25) is 0 Å².